The first-order valence-corrected chi connectivity index (χ1v) is 34.3. The van der Waals surface area contributed by atoms with Crippen molar-refractivity contribution in [2.75, 3.05) is 0 Å². The molecule has 0 N–H and O–H groups in total. The van der Waals surface area contributed by atoms with Crippen LogP contribution in [-0.4, -0.2) is 71.4 Å². The lowest BCUT2D eigenvalue weighted by Gasteiger charge is -2.48. The first kappa shape index (κ1) is 78.4. The molecule has 0 bridgehead atoms. The Hall–Kier alpha value is -11.2. The molecule has 566 valence electrons. The van der Waals surface area contributed by atoms with Crippen LogP contribution in [0.15, 0.2) is 324 Å². The molecular weight excluding hydrogens is 1510 g/mol. The van der Waals surface area contributed by atoms with Crippen molar-refractivity contribution in [1.29, 1.82) is 0 Å². The molecule has 0 fully saturated rings. The Labute approximate surface area is 613 Å². The van der Waals surface area contributed by atoms with E-state index in [2.05, 4.69) is 0 Å². The van der Waals surface area contributed by atoms with Crippen LogP contribution in [0, 0.1) is 0 Å². The van der Waals surface area contributed by atoms with Gasteiger partial charge in [0.1, 0.15) is 0 Å². The molecule has 26 heteroatoms. The third-order valence-electron chi connectivity index (χ3n) is 18.3. The molecule has 0 aliphatic rings. The van der Waals surface area contributed by atoms with E-state index < -0.39 is 96.4 Å². The average molecular weight is 1560 g/mol. The van der Waals surface area contributed by atoms with Crippen LogP contribution in [0.3, 0.4) is 0 Å². The van der Waals surface area contributed by atoms with Gasteiger partial charge in [-0.15, -0.1) is 0 Å². The van der Waals surface area contributed by atoms with Crippen molar-refractivity contribution in [3.05, 3.63) is 309 Å². The molecule has 0 atom stereocenters. The van der Waals surface area contributed by atoms with Crippen molar-refractivity contribution in [3.8, 4) is 100 Å². The smallest absolute Gasteiger partial charge is 0.397 e. The van der Waals surface area contributed by atoms with Gasteiger partial charge in [-0.3, -0.25) is 0 Å². The van der Waals surface area contributed by atoms with Gasteiger partial charge < -0.3 is 4.18 Å². The molecule has 0 saturated heterocycles. The molecule has 2 nitrogen and oxygen atoms in total. The Morgan fingerprint density at radius 2 is 0.355 bits per heavy atom. The van der Waals surface area contributed by atoms with Crippen molar-refractivity contribution in [2.45, 2.75) is 80.1 Å². The zero-order chi connectivity index (χ0) is 79.5. The number of benzene rings is 12. The summed E-state index contributed by atoms with van der Waals surface area (Å²) in [4.78, 5) is 14.7. The summed E-state index contributed by atoms with van der Waals surface area (Å²) < 4.78 is 366. The second-order valence-electron chi connectivity index (χ2n) is 25.2. The van der Waals surface area contributed by atoms with Crippen LogP contribution < -0.4 is 0 Å². The second kappa shape index (κ2) is 28.7. The van der Waals surface area contributed by atoms with Gasteiger partial charge in [-0.05, 0) is 147 Å². The molecule has 0 radical (unpaired) electrons. The van der Waals surface area contributed by atoms with E-state index in [4.69, 9.17) is 4.18 Å². The van der Waals surface area contributed by atoms with Gasteiger partial charge in [-0.2, -0.15) is 101 Å². The zero-order valence-corrected chi connectivity index (χ0v) is 56.7. The average Bonchev–Trinajstić information content (AvgIpc) is 0.687. The lowest BCUT2D eigenvalue weighted by molar-refractivity contribution is -0.477. The van der Waals surface area contributed by atoms with Gasteiger partial charge in [0, 0.05) is 14.7 Å². The highest BCUT2D eigenvalue weighted by atomic mass is 32.3. The number of carbonyl (C=O) groups is 1. The lowest BCUT2D eigenvalue weighted by Crippen LogP contribution is -2.78. The summed E-state index contributed by atoms with van der Waals surface area (Å²) in [5.41, 5.74) is 0.549. The van der Waals surface area contributed by atoms with E-state index in [0.717, 1.165) is 0 Å². The molecule has 0 heterocycles. The quantitative estimate of drug-likeness (QED) is 0.0597. The van der Waals surface area contributed by atoms with Crippen molar-refractivity contribution in [3.63, 3.8) is 0 Å². The maximum Gasteiger partial charge on any atom is 0.460 e. The van der Waals surface area contributed by atoms with Gasteiger partial charge in [0.05, 0.1) is 0 Å². The molecule has 0 amide bonds. The largest absolute Gasteiger partial charge is 0.460 e. The summed E-state index contributed by atoms with van der Waals surface area (Å²) in [5.74, 6) is -96.6. The molecular formula is C84H51F23O2S. The molecule has 0 saturated carbocycles. The Balaban J connectivity index is 1.31. The van der Waals surface area contributed by atoms with Gasteiger partial charge in [0.15, 0.2) is 0 Å². The van der Waals surface area contributed by atoms with Crippen LogP contribution in [-0.2, 0) is 8.98 Å². The first-order chi connectivity index (χ1) is 51.7. The summed E-state index contributed by atoms with van der Waals surface area (Å²) in [6.45, 7) is 0. The predicted octanol–water partition coefficient (Wildman–Crippen LogP) is 27.3. The number of carbonyl (C=O) groups excluding carboxylic acids is 1. The fraction of sp³-hybridized carbons (Fsp3) is 0.131. The summed E-state index contributed by atoms with van der Waals surface area (Å²) in [6.07, 6.45) is -8.25. The molecule has 0 spiro atoms. The van der Waals surface area contributed by atoms with E-state index in [1.165, 1.54) is 218 Å². The van der Waals surface area contributed by atoms with Crippen LogP contribution in [0.5, 0.6) is 0 Å². The molecule has 12 aromatic carbocycles. The Bertz CT molecular complexity index is 4680. The van der Waals surface area contributed by atoms with Gasteiger partial charge in [0.25, 0.3) is 0 Å². The number of halogens is 23. The van der Waals surface area contributed by atoms with Crippen LogP contribution in [0.25, 0.3) is 100 Å². The monoisotopic (exact) mass is 1560 g/mol. The third kappa shape index (κ3) is 12.8. The molecule has 0 aromatic heterocycles. The molecule has 12 aromatic rings. The van der Waals surface area contributed by atoms with Gasteiger partial charge >= 0.3 is 71.4 Å². The number of hydrogen-bond acceptors (Lipinski definition) is 2. The van der Waals surface area contributed by atoms with E-state index in [1.807, 2.05) is 0 Å². The molecule has 12 rings (SSSR count). The Morgan fingerprint density at radius 1 is 0.200 bits per heavy atom. The third-order valence-corrected chi connectivity index (χ3v) is 21.8. The summed E-state index contributed by atoms with van der Waals surface area (Å²) in [5, 5.41) is 0. The van der Waals surface area contributed by atoms with Gasteiger partial charge in [0.2, 0.25) is 0 Å². The van der Waals surface area contributed by atoms with Gasteiger partial charge in [-0.25, -0.2) is 4.79 Å². The van der Waals surface area contributed by atoms with Gasteiger partial charge in [-0.1, -0.05) is 273 Å². The van der Waals surface area contributed by atoms with Crippen molar-refractivity contribution >= 4 is 16.3 Å². The summed E-state index contributed by atoms with van der Waals surface area (Å²) in [6, 6.07) is 77.0. The topological polar surface area (TPSA) is 26.3 Å². The predicted molar refractivity (Wildman–Crippen MR) is 372 cm³/mol. The molecule has 0 aliphatic heterocycles. The van der Waals surface area contributed by atoms with Crippen LogP contribution in [0.1, 0.15) is 0 Å². The first-order valence-electron chi connectivity index (χ1n) is 32.7. The number of hydrogen-bond donors (Lipinski definition) is 0. The highest BCUT2D eigenvalue weighted by Crippen LogP contribution is 2.80. The minimum Gasteiger partial charge on any atom is -0.397 e. The fourth-order valence-corrected chi connectivity index (χ4v) is 16.8. The SMILES string of the molecule is O=C(OS(c1c(-c2ccccc2)cc(-c2ccccc2)cc1-c1ccccc1)(c1c(-c2ccccc2)cc(-c2ccccc2)cc1-c1ccccc1)c1c(-c2ccccc2)cc(-c2ccccc2)cc1-c1ccccc1)C(F)(F)C(F)(F)C(F)(F)C(F)(F)C(F)(F)C(F)(F)C(F)(F)C(F)(F)C(F)(F)C(F)(F)C(F)(F)F. The lowest BCUT2D eigenvalue weighted by atomic mass is 9.85. The summed E-state index contributed by atoms with van der Waals surface area (Å²) >= 11 is 0. The minimum absolute atomic E-state index is 0.0194. The fourth-order valence-electron chi connectivity index (χ4n) is 12.7. The van der Waals surface area contributed by atoms with Crippen LogP contribution in [0.4, 0.5) is 101 Å². The second-order valence-corrected chi connectivity index (χ2v) is 27.7. The highest BCUT2D eigenvalue weighted by molar-refractivity contribution is 8.30. The van der Waals surface area contributed by atoms with Crippen molar-refractivity contribution < 1.29 is 110 Å². The van der Waals surface area contributed by atoms with E-state index >= 15 is 66.3 Å². The molecule has 0 unspecified atom stereocenters. The zero-order valence-electron chi connectivity index (χ0n) is 55.9. The standard InChI is InChI=1S/C84H51F23O2S/c85-74(86,75(87,88)76(89,90)77(91,92)78(93,94)79(95,96)80(97,98)81(99,100)82(101,102)83(103,104)84(105,106)107)73(108)109-110(70-64(55-34-16-4-17-35-55)46-61(52-28-10-1-11-29-52)47-65(70)56-36-18-5-19-37-56,71-66(57-38-20-6-21-39-57)48-62(53-30-12-2-13-31-53)49-67(71)58-40-22-7-23-41-58)72-68(59-42-24-8-25-43-59)50-63(54-32-14-3-15-33-54)51-69(72)60-44-26-9-27-45-60/h1-51H. The van der Waals surface area contributed by atoms with Crippen LogP contribution >= 0.6 is 10.3 Å². The number of alkyl halides is 23. The Morgan fingerprint density at radius 3 is 0.527 bits per heavy atom. The molecule has 110 heavy (non-hydrogen) atoms. The van der Waals surface area contributed by atoms with Crippen molar-refractivity contribution in [2.24, 2.45) is 0 Å². The van der Waals surface area contributed by atoms with E-state index in [9.17, 15) is 39.5 Å². The van der Waals surface area contributed by atoms with E-state index in [-0.39, 0.29) is 83.5 Å². The van der Waals surface area contributed by atoms with Crippen molar-refractivity contribution in [1.82, 2.24) is 0 Å². The highest BCUT2D eigenvalue weighted by Gasteiger charge is 2.99. The Kier molecular flexibility index (Phi) is 20.5. The summed E-state index contributed by atoms with van der Waals surface area (Å²) in [7, 11) is -5.71. The van der Waals surface area contributed by atoms with E-state index in [1.54, 1.807) is 91.0 Å². The normalized spacial score (nSPS) is 13.4. The minimum atomic E-state index is -9.72. The van der Waals surface area contributed by atoms with Crippen LogP contribution in [0.2, 0.25) is 0 Å². The van der Waals surface area contributed by atoms with E-state index in [0.29, 0.717) is 16.7 Å². The maximum absolute atomic E-state index is 18.6. The maximum atomic E-state index is 18.6. The molecule has 0 aliphatic carbocycles. The number of rotatable bonds is 23.